The fourth-order valence-electron chi connectivity index (χ4n) is 3.72. The predicted octanol–water partition coefficient (Wildman–Crippen LogP) is 6.21. The van der Waals surface area contributed by atoms with Gasteiger partial charge in [0.1, 0.15) is 6.07 Å². The Bertz CT molecular complexity index is 882. The Morgan fingerprint density at radius 2 is 1.59 bits per heavy atom. The number of hydrogen-bond donors (Lipinski definition) is 0. The van der Waals surface area contributed by atoms with Crippen molar-refractivity contribution < 1.29 is 13.2 Å². The summed E-state index contributed by atoms with van der Waals surface area (Å²) in [5.41, 5.74) is 3.65. The van der Waals surface area contributed by atoms with E-state index in [4.69, 9.17) is 4.98 Å². The Hall–Kier alpha value is -2.35. The normalized spacial score (nSPS) is 15.0. The van der Waals surface area contributed by atoms with Crippen LogP contribution in [0.4, 0.5) is 13.2 Å². The second kappa shape index (κ2) is 6.99. The summed E-state index contributed by atoms with van der Waals surface area (Å²) in [6, 6.07) is 7.45. The van der Waals surface area contributed by atoms with E-state index < -0.39 is 11.7 Å². The third-order valence-corrected chi connectivity index (χ3v) is 5.05. The third kappa shape index (κ3) is 3.85. The number of halogens is 3. The number of pyridine rings is 1. The molecule has 1 aromatic carbocycles. The first-order chi connectivity index (χ1) is 12.6. The van der Waals surface area contributed by atoms with Crippen molar-refractivity contribution in [3.05, 3.63) is 52.3 Å². The molecule has 0 saturated heterocycles. The summed E-state index contributed by atoms with van der Waals surface area (Å²) in [6.45, 7) is 6.03. The summed E-state index contributed by atoms with van der Waals surface area (Å²) in [5, 5.41) is 9.91. The molecule has 0 spiro atoms. The monoisotopic (exact) mass is 372 g/mol. The molecule has 0 atom stereocenters. The highest BCUT2D eigenvalue weighted by molar-refractivity contribution is 5.76. The van der Waals surface area contributed by atoms with E-state index in [1.54, 1.807) is 0 Å². The number of benzene rings is 1. The second-order valence-electron chi connectivity index (χ2n) is 8.13. The lowest BCUT2D eigenvalue weighted by Gasteiger charge is -2.25. The molecule has 2 nitrogen and oxygen atoms in total. The van der Waals surface area contributed by atoms with Crippen LogP contribution in [-0.4, -0.2) is 4.98 Å². The molecule has 0 N–H and O–H groups in total. The quantitative estimate of drug-likeness (QED) is 0.558. The summed E-state index contributed by atoms with van der Waals surface area (Å²) >= 11 is 0. The van der Waals surface area contributed by atoms with E-state index in [-0.39, 0.29) is 5.41 Å². The van der Waals surface area contributed by atoms with Crippen molar-refractivity contribution in [1.29, 1.82) is 5.26 Å². The zero-order valence-corrected chi connectivity index (χ0v) is 15.9. The Morgan fingerprint density at radius 1 is 0.963 bits per heavy atom. The number of aromatic nitrogens is 1. The smallest absolute Gasteiger partial charge is 0.256 e. The molecule has 0 radical (unpaired) electrons. The maximum atomic E-state index is 13.0. The van der Waals surface area contributed by atoms with Crippen molar-refractivity contribution in [2.75, 3.05) is 0 Å². The summed E-state index contributed by atoms with van der Waals surface area (Å²) in [6.07, 6.45) is 0.414. The predicted molar refractivity (Wildman–Crippen MR) is 99.3 cm³/mol. The van der Waals surface area contributed by atoms with Crippen LogP contribution >= 0.6 is 0 Å². The lowest BCUT2D eigenvalue weighted by Crippen LogP contribution is -2.19. The van der Waals surface area contributed by atoms with Gasteiger partial charge >= 0.3 is 6.18 Å². The highest BCUT2D eigenvalue weighted by Crippen LogP contribution is 2.39. The van der Waals surface area contributed by atoms with Crippen molar-refractivity contribution in [1.82, 2.24) is 4.98 Å². The number of hydrogen-bond acceptors (Lipinski definition) is 2. The van der Waals surface area contributed by atoms with E-state index in [2.05, 4.69) is 6.07 Å². The first-order valence-electron chi connectivity index (χ1n) is 9.27. The van der Waals surface area contributed by atoms with Crippen LogP contribution in [-0.2, 0) is 24.4 Å². The highest BCUT2D eigenvalue weighted by Gasteiger charge is 2.31. The topological polar surface area (TPSA) is 36.7 Å². The molecule has 1 aromatic heterocycles. The Kier molecular flexibility index (Phi) is 5.03. The molecule has 0 aliphatic heterocycles. The molecule has 0 unspecified atom stereocenters. The van der Waals surface area contributed by atoms with Gasteiger partial charge in [0, 0.05) is 16.7 Å². The molecule has 1 aliphatic carbocycles. The van der Waals surface area contributed by atoms with Gasteiger partial charge in [-0.05, 0) is 48.9 Å². The lowest BCUT2D eigenvalue weighted by atomic mass is 9.82. The zero-order valence-electron chi connectivity index (χ0n) is 15.9. The van der Waals surface area contributed by atoms with Crippen LogP contribution in [0.1, 0.15) is 68.1 Å². The molecule has 5 heteroatoms. The zero-order chi connectivity index (χ0) is 19.8. The van der Waals surface area contributed by atoms with Gasteiger partial charge in [0.2, 0.25) is 0 Å². The van der Waals surface area contributed by atoms with E-state index in [0.29, 0.717) is 11.1 Å². The van der Waals surface area contributed by atoms with Gasteiger partial charge in [-0.3, -0.25) is 4.98 Å². The van der Waals surface area contributed by atoms with Crippen molar-refractivity contribution >= 4 is 0 Å². The van der Waals surface area contributed by atoms with Crippen LogP contribution in [0, 0.1) is 11.3 Å². The van der Waals surface area contributed by atoms with E-state index in [1.165, 1.54) is 12.1 Å². The molecule has 0 amide bonds. The molecular formula is C22H23F3N2. The van der Waals surface area contributed by atoms with E-state index in [9.17, 15) is 18.4 Å². The Balaban J connectivity index is 2.28. The van der Waals surface area contributed by atoms with Crippen molar-refractivity contribution in [2.45, 2.75) is 64.5 Å². The van der Waals surface area contributed by atoms with Crippen molar-refractivity contribution in [2.24, 2.45) is 0 Å². The van der Waals surface area contributed by atoms with Crippen LogP contribution in [0.25, 0.3) is 11.1 Å². The van der Waals surface area contributed by atoms with Crippen LogP contribution < -0.4 is 0 Å². The van der Waals surface area contributed by atoms with Gasteiger partial charge in [-0.1, -0.05) is 39.3 Å². The fourth-order valence-corrected chi connectivity index (χ4v) is 3.72. The molecule has 0 saturated carbocycles. The van der Waals surface area contributed by atoms with Gasteiger partial charge in [0.15, 0.2) is 0 Å². The Labute approximate surface area is 158 Å². The average molecular weight is 372 g/mol. The molecular weight excluding hydrogens is 349 g/mol. The van der Waals surface area contributed by atoms with E-state index in [1.807, 2.05) is 20.8 Å². The fraction of sp³-hybridized carbons (Fsp3) is 0.455. The minimum absolute atomic E-state index is 0.326. The molecule has 1 aliphatic rings. The van der Waals surface area contributed by atoms with E-state index in [0.717, 1.165) is 66.8 Å². The number of aryl methyl sites for hydroxylation is 1. The Morgan fingerprint density at radius 3 is 2.15 bits per heavy atom. The van der Waals surface area contributed by atoms with Crippen molar-refractivity contribution in [3.8, 4) is 17.2 Å². The minimum atomic E-state index is -4.37. The third-order valence-electron chi connectivity index (χ3n) is 5.05. The maximum Gasteiger partial charge on any atom is 0.416 e. The van der Waals surface area contributed by atoms with Gasteiger partial charge < -0.3 is 0 Å². The summed E-state index contributed by atoms with van der Waals surface area (Å²) in [4.78, 5) is 4.86. The average Bonchev–Trinajstić information content (AvgIpc) is 2.83. The maximum absolute atomic E-state index is 13.0. The summed E-state index contributed by atoms with van der Waals surface area (Å²) < 4.78 is 38.9. The molecule has 0 bridgehead atoms. The summed E-state index contributed by atoms with van der Waals surface area (Å²) in [5.74, 6) is 0. The largest absolute Gasteiger partial charge is 0.416 e. The van der Waals surface area contributed by atoms with Gasteiger partial charge in [-0.2, -0.15) is 18.4 Å². The van der Waals surface area contributed by atoms with Crippen LogP contribution in [0.15, 0.2) is 24.3 Å². The molecule has 2 aromatic rings. The SMILES string of the molecule is CC(C)(C)c1nc2c(c(-c3ccc(C(F)(F)F)cc3)c1C#N)CCCCC2. The number of nitriles is 1. The van der Waals surface area contributed by atoms with Gasteiger partial charge in [-0.25, -0.2) is 0 Å². The first kappa shape index (κ1) is 19.4. The van der Waals surface area contributed by atoms with Crippen LogP contribution in [0.5, 0.6) is 0 Å². The molecule has 27 heavy (non-hydrogen) atoms. The summed E-state index contributed by atoms with van der Waals surface area (Å²) in [7, 11) is 0. The van der Waals surface area contributed by atoms with Crippen molar-refractivity contribution in [3.63, 3.8) is 0 Å². The minimum Gasteiger partial charge on any atom is -0.256 e. The van der Waals surface area contributed by atoms with E-state index >= 15 is 0 Å². The first-order valence-corrected chi connectivity index (χ1v) is 9.27. The highest BCUT2D eigenvalue weighted by atomic mass is 19.4. The molecule has 3 rings (SSSR count). The van der Waals surface area contributed by atoms with Gasteiger partial charge in [-0.15, -0.1) is 0 Å². The lowest BCUT2D eigenvalue weighted by molar-refractivity contribution is -0.137. The number of fused-ring (bicyclic) bond motifs is 1. The number of alkyl halides is 3. The number of nitrogens with zero attached hydrogens (tertiary/aromatic N) is 2. The molecule has 1 heterocycles. The standard InChI is InChI=1S/C22H23F3N2/c1-21(2,3)20-17(13-26)19(16-7-5-4-6-8-18(16)27-20)14-9-11-15(12-10-14)22(23,24)25/h9-12H,4-8H2,1-3H3. The second-order valence-corrected chi connectivity index (χ2v) is 8.13. The van der Waals surface area contributed by atoms with Crippen LogP contribution in [0.3, 0.4) is 0 Å². The van der Waals surface area contributed by atoms with Gasteiger partial charge in [0.05, 0.1) is 16.8 Å². The van der Waals surface area contributed by atoms with Crippen LogP contribution in [0.2, 0.25) is 0 Å². The number of rotatable bonds is 1. The van der Waals surface area contributed by atoms with Gasteiger partial charge in [0.25, 0.3) is 0 Å². The molecule has 142 valence electrons. The molecule has 0 fully saturated rings.